The topological polar surface area (TPSA) is 72.6 Å². The van der Waals surface area contributed by atoms with Gasteiger partial charge < -0.3 is 15.6 Å². The monoisotopic (exact) mass is 253 g/mol. The molecular weight excluding hydrogens is 237 g/mol. The van der Waals surface area contributed by atoms with Crippen LogP contribution in [0.1, 0.15) is 30.9 Å². The third-order valence-corrected chi connectivity index (χ3v) is 3.23. The van der Waals surface area contributed by atoms with Crippen molar-refractivity contribution >= 4 is 5.97 Å². The van der Waals surface area contributed by atoms with Crippen molar-refractivity contribution in [3.8, 4) is 5.75 Å². The maximum atomic E-state index is 13.3. The Balaban J connectivity index is 2.07. The molecule has 0 bridgehead atoms. The number of rotatable bonds is 5. The minimum Gasteiger partial charge on any atom is -0.493 e. The largest absolute Gasteiger partial charge is 0.493 e. The Morgan fingerprint density at radius 3 is 2.78 bits per heavy atom. The van der Waals surface area contributed by atoms with Crippen molar-refractivity contribution in [2.24, 2.45) is 11.7 Å². The van der Waals surface area contributed by atoms with Crippen molar-refractivity contribution < 1.29 is 19.0 Å². The molecule has 3 N–H and O–H groups in total. The van der Waals surface area contributed by atoms with E-state index in [1.165, 1.54) is 18.6 Å². The Morgan fingerprint density at radius 1 is 1.50 bits per heavy atom. The lowest BCUT2D eigenvalue weighted by Gasteiger charge is -2.25. The van der Waals surface area contributed by atoms with E-state index in [-0.39, 0.29) is 5.56 Å². The molecule has 0 aromatic heterocycles. The smallest absolute Gasteiger partial charge is 0.325 e. The van der Waals surface area contributed by atoms with Gasteiger partial charge in [0.1, 0.15) is 17.6 Å². The molecule has 5 heteroatoms. The number of ether oxygens (including phenoxy) is 1. The van der Waals surface area contributed by atoms with Gasteiger partial charge in [0.2, 0.25) is 0 Å². The molecule has 1 unspecified atom stereocenters. The predicted octanol–water partition coefficient (Wildman–Crippen LogP) is 2.09. The highest BCUT2D eigenvalue weighted by atomic mass is 19.1. The van der Waals surface area contributed by atoms with Crippen molar-refractivity contribution in [1.82, 2.24) is 0 Å². The van der Waals surface area contributed by atoms with E-state index in [9.17, 15) is 9.18 Å². The lowest BCUT2D eigenvalue weighted by atomic mass is 9.86. The number of carboxylic acids is 1. The number of halogens is 1. The molecule has 0 heterocycles. The van der Waals surface area contributed by atoms with Crippen LogP contribution in [-0.4, -0.2) is 17.7 Å². The van der Waals surface area contributed by atoms with Crippen LogP contribution in [0, 0.1) is 11.7 Å². The Bertz CT molecular complexity index is 446. The summed E-state index contributed by atoms with van der Waals surface area (Å²) in [5, 5.41) is 8.79. The first-order chi connectivity index (χ1) is 8.56. The Labute approximate surface area is 105 Å². The summed E-state index contributed by atoms with van der Waals surface area (Å²) in [4.78, 5) is 10.8. The van der Waals surface area contributed by atoms with Crippen molar-refractivity contribution in [2.75, 3.05) is 6.61 Å². The summed E-state index contributed by atoms with van der Waals surface area (Å²) >= 11 is 0. The first-order valence-corrected chi connectivity index (χ1v) is 5.98. The molecule has 98 valence electrons. The van der Waals surface area contributed by atoms with Crippen LogP contribution in [0.4, 0.5) is 4.39 Å². The summed E-state index contributed by atoms with van der Waals surface area (Å²) in [6.45, 7) is 0.547. The molecule has 1 aliphatic carbocycles. The molecule has 1 fully saturated rings. The first kappa shape index (κ1) is 12.8. The number of benzene rings is 1. The van der Waals surface area contributed by atoms with Crippen LogP contribution >= 0.6 is 0 Å². The fourth-order valence-electron chi connectivity index (χ4n) is 1.86. The molecular formula is C13H16FNO3. The number of carboxylic acid groups (broad SMARTS) is 1. The summed E-state index contributed by atoms with van der Waals surface area (Å²) in [5.41, 5.74) is 5.66. The summed E-state index contributed by atoms with van der Waals surface area (Å²) in [6.07, 6.45) is 3.49. The van der Waals surface area contributed by atoms with Crippen LogP contribution in [0.15, 0.2) is 18.2 Å². The number of hydrogen-bond acceptors (Lipinski definition) is 3. The van der Waals surface area contributed by atoms with E-state index < -0.39 is 17.8 Å². The Kier molecular flexibility index (Phi) is 3.81. The van der Waals surface area contributed by atoms with Gasteiger partial charge in [-0.15, -0.1) is 0 Å². The third-order valence-electron chi connectivity index (χ3n) is 3.23. The van der Waals surface area contributed by atoms with E-state index in [2.05, 4.69) is 0 Å². The summed E-state index contributed by atoms with van der Waals surface area (Å²) in [7, 11) is 0. The zero-order chi connectivity index (χ0) is 13.1. The van der Waals surface area contributed by atoms with Crippen molar-refractivity contribution in [1.29, 1.82) is 0 Å². The molecule has 0 radical (unpaired) electrons. The second-order valence-electron chi connectivity index (χ2n) is 4.64. The maximum absolute atomic E-state index is 13.3. The van der Waals surface area contributed by atoms with E-state index in [1.54, 1.807) is 0 Å². The van der Waals surface area contributed by atoms with Gasteiger partial charge in [0.25, 0.3) is 0 Å². The van der Waals surface area contributed by atoms with Gasteiger partial charge in [-0.05, 0) is 36.5 Å². The van der Waals surface area contributed by atoms with Crippen molar-refractivity contribution in [3.05, 3.63) is 29.6 Å². The van der Waals surface area contributed by atoms with E-state index in [1.807, 2.05) is 0 Å². The molecule has 0 amide bonds. The molecule has 18 heavy (non-hydrogen) atoms. The number of hydrogen-bond donors (Lipinski definition) is 2. The second-order valence-corrected chi connectivity index (χ2v) is 4.64. The lowest BCUT2D eigenvalue weighted by molar-refractivity contribution is -0.138. The van der Waals surface area contributed by atoms with Crippen molar-refractivity contribution in [3.63, 3.8) is 0 Å². The van der Waals surface area contributed by atoms with E-state index >= 15 is 0 Å². The molecule has 1 aromatic rings. The summed E-state index contributed by atoms with van der Waals surface area (Å²) in [6, 6.07) is 2.62. The van der Waals surface area contributed by atoms with E-state index in [0.29, 0.717) is 18.3 Å². The van der Waals surface area contributed by atoms with Crippen LogP contribution in [0.3, 0.4) is 0 Å². The molecule has 4 nitrogen and oxygen atoms in total. The maximum Gasteiger partial charge on any atom is 0.325 e. The van der Waals surface area contributed by atoms with Crippen LogP contribution in [0.2, 0.25) is 0 Å². The van der Waals surface area contributed by atoms with Gasteiger partial charge >= 0.3 is 5.97 Å². The molecule has 1 saturated carbocycles. The molecule has 1 atom stereocenters. The molecule has 2 rings (SSSR count). The van der Waals surface area contributed by atoms with Crippen molar-refractivity contribution in [2.45, 2.75) is 25.3 Å². The Morgan fingerprint density at radius 2 is 2.22 bits per heavy atom. The SMILES string of the molecule is NC(C(=O)O)c1cc(F)cc(OCC2CCC2)c1. The second kappa shape index (κ2) is 5.35. The van der Waals surface area contributed by atoms with Gasteiger partial charge in [-0.1, -0.05) is 6.42 Å². The quantitative estimate of drug-likeness (QED) is 0.842. The average molecular weight is 253 g/mol. The minimum atomic E-state index is -1.23. The molecule has 1 aromatic carbocycles. The highest BCUT2D eigenvalue weighted by Gasteiger charge is 2.19. The summed E-state index contributed by atoms with van der Waals surface area (Å²) in [5.74, 6) is -0.850. The summed E-state index contributed by atoms with van der Waals surface area (Å²) < 4.78 is 18.8. The predicted molar refractivity (Wildman–Crippen MR) is 63.8 cm³/mol. The molecule has 0 spiro atoms. The zero-order valence-corrected chi connectivity index (χ0v) is 9.93. The lowest BCUT2D eigenvalue weighted by Crippen LogP contribution is -2.21. The highest BCUT2D eigenvalue weighted by Crippen LogP contribution is 2.28. The standard InChI is InChI=1S/C13H16FNO3/c14-10-4-9(12(15)13(16)17)5-11(6-10)18-7-8-2-1-3-8/h4-6,8,12H,1-3,7,15H2,(H,16,17). The normalized spacial score (nSPS) is 17.0. The van der Waals surface area contributed by atoms with Crippen LogP contribution < -0.4 is 10.5 Å². The molecule has 1 aliphatic rings. The average Bonchev–Trinajstić information content (AvgIpc) is 2.25. The Hall–Kier alpha value is -1.62. The van der Waals surface area contributed by atoms with E-state index in [4.69, 9.17) is 15.6 Å². The van der Waals surface area contributed by atoms with Gasteiger partial charge in [-0.2, -0.15) is 0 Å². The van der Waals surface area contributed by atoms with Crippen LogP contribution in [0.25, 0.3) is 0 Å². The fraction of sp³-hybridized carbons (Fsp3) is 0.462. The molecule has 0 saturated heterocycles. The zero-order valence-electron chi connectivity index (χ0n) is 9.93. The highest BCUT2D eigenvalue weighted by molar-refractivity contribution is 5.75. The van der Waals surface area contributed by atoms with Crippen LogP contribution in [-0.2, 0) is 4.79 Å². The van der Waals surface area contributed by atoms with Gasteiger partial charge in [0.15, 0.2) is 0 Å². The number of nitrogens with two attached hydrogens (primary N) is 1. The first-order valence-electron chi connectivity index (χ1n) is 5.98. The number of carbonyl (C=O) groups is 1. The van der Waals surface area contributed by atoms with Gasteiger partial charge in [0.05, 0.1) is 6.61 Å². The molecule has 0 aliphatic heterocycles. The third kappa shape index (κ3) is 2.98. The van der Waals surface area contributed by atoms with Gasteiger partial charge in [-0.25, -0.2) is 4.39 Å². The van der Waals surface area contributed by atoms with Gasteiger partial charge in [-0.3, -0.25) is 4.79 Å². The van der Waals surface area contributed by atoms with E-state index in [0.717, 1.165) is 18.9 Å². The minimum absolute atomic E-state index is 0.214. The van der Waals surface area contributed by atoms with Crippen LogP contribution in [0.5, 0.6) is 5.75 Å². The number of aliphatic carboxylic acids is 1. The fourth-order valence-corrected chi connectivity index (χ4v) is 1.86. The van der Waals surface area contributed by atoms with Gasteiger partial charge in [0, 0.05) is 6.07 Å².